The number of phosphoric ester groups is 1. The van der Waals surface area contributed by atoms with Gasteiger partial charge in [-0.1, -0.05) is 0 Å². The van der Waals surface area contributed by atoms with Crippen LogP contribution < -0.4 is 80.0 Å². The third-order valence-corrected chi connectivity index (χ3v) is 5.97. The minimum Gasteiger partial charge on any atom is -0.756 e. The first-order chi connectivity index (χ1) is 12.5. The first-order valence-corrected chi connectivity index (χ1v) is 10.4. The van der Waals surface area contributed by atoms with Gasteiger partial charge in [-0.2, -0.15) is 0 Å². The summed E-state index contributed by atoms with van der Waals surface area (Å²) in [7, 11) is -10.9. The van der Waals surface area contributed by atoms with Gasteiger partial charge in [0.05, 0.1) is 19.0 Å². The first kappa shape index (κ1) is 27.6. The Kier molecular flexibility index (Phi) is 9.97. The van der Waals surface area contributed by atoms with Crippen molar-refractivity contribution in [3.8, 4) is 0 Å². The topological polar surface area (TPSA) is 231 Å². The van der Waals surface area contributed by atoms with E-state index in [9.17, 15) is 28.8 Å². The molecule has 15 nitrogen and oxygen atoms in total. The van der Waals surface area contributed by atoms with Gasteiger partial charge in [0.25, 0.3) is 21.6 Å². The van der Waals surface area contributed by atoms with Crippen molar-refractivity contribution in [3.63, 3.8) is 0 Å². The number of aliphatic imine (C=N–C) groups is 2. The third kappa shape index (κ3) is 7.04. The molecule has 29 heavy (non-hydrogen) atoms. The summed E-state index contributed by atoms with van der Waals surface area (Å²) >= 11 is 0. The first-order valence-electron chi connectivity index (χ1n) is 7.44. The van der Waals surface area contributed by atoms with Crippen LogP contribution in [0.2, 0.25) is 0 Å². The fraction of sp³-hybridized carbons (Fsp3) is 0.700. The summed E-state index contributed by atoms with van der Waals surface area (Å²) in [5.74, 6) is -0.564. The summed E-state index contributed by atoms with van der Waals surface area (Å²) in [5.41, 5.74) is 5.52. The predicted molar refractivity (Wildman–Crippen MR) is 81.4 cm³/mol. The Morgan fingerprint density at radius 3 is 2.69 bits per heavy atom. The van der Waals surface area contributed by atoms with Crippen LogP contribution in [0, 0.1) is 0 Å². The van der Waals surface area contributed by atoms with Gasteiger partial charge in [-0.25, -0.2) is 9.30 Å². The number of hydrogen-bond donors (Lipinski definition) is 4. The molecule has 0 aromatic rings. The van der Waals surface area contributed by atoms with E-state index >= 15 is 0 Å². The van der Waals surface area contributed by atoms with Crippen LogP contribution in [0.3, 0.4) is 0 Å². The van der Waals surface area contributed by atoms with E-state index in [2.05, 4.69) is 24.1 Å². The minimum absolute atomic E-state index is 0. The number of guanidine groups is 1. The maximum absolute atomic E-state index is 11.8. The van der Waals surface area contributed by atoms with Gasteiger partial charge in [-0.15, -0.1) is 0 Å². The maximum Gasteiger partial charge on any atom is 1.00 e. The molecule has 0 radical (unpaired) electrons. The van der Waals surface area contributed by atoms with E-state index in [1.54, 1.807) is 0 Å². The zero-order valence-corrected chi connectivity index (χ0v) is 21.1. The molecule has 19 heteroatoms. The molecule has 0 aromatic heterocycles. The molecule has 0 spiro atoms. The van der Waals surface area contributed by atoms with Crippen molar-refractivity contribution in [2.75, 3.05) is 6.61 Å². The molecule has 0 bridgehead atoms. The molecule has 0 aliphatic carbocycles. The fourth-order valence-electron chi connectivity index (χ4n) is 2.78. The van der Waals surface area contributed by atoms with E-state index in [4.69, 9.17) is 15.4 Å². The molecule has 1 saturated heterocycles. The van der Waals surface area contributed by atoms with Crippen LogP contribution in [0.4, 0.5) is 0 Å². The normalized spacial score (nSPS) is 34.8. The Hall–Kier alpha value is 0.590. The Morgan fingerprint density at radius 2 is 2.07 bits per heavy atom. The van der Waals surface area contributed by atoms with Gasteiger partial charge in [0.15, 0.2) is 18.2 Å². The van der Waals surface area contributed by atoms with Crippen LogP contribution in [0.25, 0.3) is 0 Å². The predicted octanol–water partition coefficient (Wildman–Crippen LogP) is -10.1. The molecule has 3 rings (SSSR count). The van der Waals surface area contributed by atoms with Crippen molar-refractivity contribution in [1.29, 1.82) is 0 Å². The molecule has 7 atom stereocenters. The van der Waals surface area contributed by atoms with E-state index in [-0.39, 0.29) is 71.5 Å². The molecule has 1 fully saturated rings. The SMILES string of the molecule is NC1=NC2C(N=CN2C2CC(O)C(COP(=O)([O-])OP(=O)([O-])O)O2)C(=O)N1.[Na+].[Na+]. The summed E-state index contributed by atoms with van der Waals surface area (Å²) in [6.45, 7) is -0.774. The van der Waals surface area contributed by atoms with Crippen LogP contribution >= 0.6 is 15.6 Å². The van der Waals surface area contributed by atoms with Gasteiger partial charge in [0.2, 0.25) is 0 Å². The summed E-state index contributed by atoms with van der Waals surface area (Å²) in [6.07, 6.45) is -2.68. The van der Waals surface area contributed by atoms with Crippen molar-refractivity contribution < 1.29 is 106 Å². The quantitative estimate of drug-likeness (QED) is 0.208. The van der Waals surface area contributed by atoms with E-state index in [0.717, 1.165) is 0 Å². The molecule has 5 N–H and O–H groups in total. The van der Waals surface area contributed by atoms with Crippen LogP contribution in [-0.4, -0.2) is 70.4 Å². The van der Waals surface area contributed by atoms with E-state index in [0.29, 0.717) is 0 Å². The summed E-state index contributed by atoms with van der Waals surface area (Å²) < 4.78 is 35.0. The fourth-order valence-corrected chi connectivity index (χ4v) is 4.31. The average molecular weight is 473 g/mol. The second-order valence-corrected chi connectivity index (χ2v) is 8.54. The molecule has 3 aliphatic heterocycles. The number of phosphoric acid groups is 2. The van der Waals surface area contributed by atoms with Gasteiger partial charge >= 0.3 is 59.1 Å². The number of hydrogen-bond acceptors (Lipinski definition) is 13. The van der Waals surface area contributed by atoms with Gasteiger partial charge in [0, 0.05) is 6.42 Å². The number of aliphatic hydroxyl groups is 1. The molecule has 152 valence electrons. The van der Waals surface area contributed by atoms with Crippen LogP contribution in [-0.2, 0) is 27.5 Å². The minimum atomic E-state index is -5.57. The maximum atomic E-state index is 11.8. The number of ether oxygens (including phenoxy) is 1. The molecule has 7 unspecified atom stereocenters. The van der Waals surface area contributed by atoms with Crippen molar-refractivity contribution in [1.82, 2.24) is 10.2 Å². The van der Waals surface area contributed by atoms with Gasteiger partial charge in [0.1, 0.15) is 12.3 Å². The van der Waals surface area contributed by atoms with Crippen molar-refractivity contribution in [2.24, 2.45) is 15.7 Å². The van der Waals surface area contributed by atoms with Crippen molar-refractivity contribution in [3.05, 3.63) is 0 Å². The molecular weight excluding hydrogens is 458 g/mol. The smallest absolute Gasteiger partial charge is 0.756 e. The number of nitrogens with two attached hydrogens (primary N) is 1. The summed E-state index contributed by atoms with van der Waals surface area (Å²) in [4.78, 5) is 51.5. The van der Waals surface area contributed by atoms with Gasteiger partial charge in [-0.05, 0) is 0 Å². The number of carbonyl (C=O) groups is 1. The van der Waals surface area contributed by atoms with Gasteiger partial charge in [-0.3, -0.25) is 24.2 Å². The molecule has 1 amide bonds. The van der Waals surface area contributed by atoms with Crippen LogP contribution in [0.1, 0.15) is 6.42 Å². The van der Waals surface area contributed by atoms with E-state index < -0.39 is 58.8 Å². The Labute approximate surface area is 208 Å². The number of carbonyl (C=O) groups excluding carboxylic acids is 1. The average Bonchev–Trinajstić information content (AvgIpc) is 3.06. The van der Waals surface area contributed by atoms with Crippen molar-refractivity contribution >= 4 is 33.9 Å². The molecule has 3 aliphatic rings. The van der Waals surface area contributed by atoms with E-state index in [1.165, 1.54) is 11.2 Å². The number of aliphatic hydroxyl groups excluding tert-OH is 1. The van der Waals surface area contributed by atoms with Crippen molar-refractivity contribution in [2.45, 2.75) is 37.1 Å². The number of amides is 1. The monoisotopic (exact) mass is 473 g/mol. The number of rotatable bonds is 6. The second-order valence-electron chi connectivity index (χ2n) is 5.80. The molecule has 0 aromatic carbocycles. The molecular formula is C10H15N5Na2O10P2. The van der Waals surface area contributed by atoms with E-state index in [1.807, 2.05) is 0 Å². The number of fused-ring (bicyclic) bond motifs is 1. The second kappa shape index (κ2) is 10.5. The largest absolute Gasteiger partial charge is 1.00 e. The van der Waals surface area contributed by atoms with Crippen LogP contribution in [0.15, 0.2) is 9.98 Å². The zero-order chi connectivity index (χ0) is 20.0. The Bertz CT molecular complexity index is 780. The standard InChI is InChI=1S/C10H17N5O10P2.2Na/c11-10-13-8-7(9(17)14-10)12-3-15(8)6-1-4(16)5(24-6)2-23-27(21,22)25-26(18,19)20;;/h3-8,16H,1-2H2,(H,21,22)(H2,18,19,20)(H3,11,13,14,17);;/q;2*+1/p-2. The summed E-state index contributed by atoms with van der Waals surface area (Å²) in [5, 5.41) is 12.4. The molecule has 3 heterocycles. The Morgan fingerprint density at radius 1 is 1.41 bits per heavy atom. The van der Waals surface area contributed by atoms with Gasteiger partial charge < -0.3 is 39.7 Å². The number of nitrogens with one attached hydrogen (secondary N) is 1. The Balaban J connectivity index is 0.00000210. The number of nitrogens with zero attached hydrogens (tertiary/aromatic N) is 3. The third-order valence-electron chi connectivity index (χ3n) is 3.88. The molecule has 0 saturated carbocycles. The van der Waals surface area contributed by atoms with Crippen LogP contribution in [0.5, 0.6) is 0 Å². The summed E-state index contributed by atoms with van der Waals surface area (Å²) in [6, 6.07) is -0.848. The zero-order valence-electron chi connectivity index (χ0n) is 15.4.